The Hall–Kier alpha value is -0.590. The number of carbonyl (C=O) groups is 1. The highest BCUT2D eigenvalue weighted by Crippen LogP contribution is 2.54. The number of hydrogen-bond donors (Lipinski definition) is 0. The molecule has 64 valence electrons. The van der Waals surface area contributed by atoms with Crippen molar-refractivity contribution in [1.29, 1.82) is 0 Å². The van der Waals surface area contributed by atoms with Crippen LogP contribution in [0.1, 0.15) is 38.5 Å². The lowest BCUT2D eigenvalue weighted by molar-refractivity contribution is -0.117. The normalized spacial score (nSPS) is 39.2. The molecule has 0 spiro atoms. The summed E-state index contributed by atoms with van der Waals surface area (Å²) in [5, 5.41) is 0. The van der Waals surface area contributed by atoms with Crippen molar-refractivity contribution in [1.82, 2.24) is 0 Å². The second-order valence-corrected chi connectivity index (χ2v) is 4.36. The molecule has 3 aliphatic rings. The van der Waals surface area contributed by atoms with Crippen LogP contribution in [0.2, 0.25) is 0 Å². The van der Waals surface area contributed by atoms with Crippen molar-refractivity contribution >= 4 is 5.78 Å². The number of Topliss-reactive ketones (excluding diaryl/α,β-unsaturated/α-hetero) is 1. The molecule has 0 amide bonds. The fourth-order valence-corrected chi connectivity index (χ4v) is 3.34. The molecule has 1 saturated carbocycles. The molecule has 0 unspecified atom stereocenters. The third kappa shape index (κ3) is 0.675. The van der Waals surface area contributed by atoms with Crippen molar-refractivity contribution in [2.24, 2.45) is 11.8 Å². The highest BCUT2D eigenvalue weighted by molar-refractivity contribution is 5.99. The third-order valence-corrected chi connectivity index (χ3v) is 3.83. The van der Waals surface area contributed by atoms with Gasteiger partial charge in [0.1, 0.15) is 0 Å². The molecule has 1 nitrogen and oxygen atoms in total. The maximum absolute atomic E-state index is 11.5. The van der Waals surface area contributed by atoms with Gasteiger partial charge in [-0.1, -0.05) is 12.0 Å². The maximum atomic E-state index is 11.5. The van der Waals surface area contributed by atoms with Gasteiger partial charge in [-0.3, -0.25) is 4.79 Å². The minimum Gasteiger partial charge on any atom is -0.295 e. The van der Waals surface area contributed by atoms with Crippen LogP contribution in [-0.4, -0.2) is 5.78 Å². The van der Waals surface area contributed by atoms with E-state index in [1.54, 1.807) is 5.57 Å². The third-order valence-electron chi connectivity index (χ3n) is 3.83. The van der Waals surface area contributed by atoms with E-state index in [0.717, 1.165) is 18.8 Å². The first-order valence-corrected chi connectivity index (χ1v) is 5.14. The molecule has 0 saturated heterocycles. The second-order valence-electron chi connectivity index (χ2n) is 4.36. The van der Waals surface area contributed by atoms with E-state index in [1.807, 2.05) is 0 Å². The minimum atomic E-state index is 0.486. The van der Waals surface area contributed by atoms with Crippen LogP contribution in [0.15, 0.2) is 11.1 Å². The summed E-state index contributed by atoms with van der Waals surface area (Å²) in [6.07, 6.45) is 7.23. The summed E-state index contributed by atoms with van der Waals surface area (Å²) in [7, 11) is 0. The quantitative estimate of drug-likeness (QED) is 0.534. The molecule has 0 radical (unpaired) electrons. The van der Waals surface area contributed by atoms with Crippen LogP contribution in [0.3, 0.4) is 0 Å². The number of allylic oxidation sites excluding steroid dienone is 2. The van der Waals surface area contributed by atoms with Gasteiger partial charge in [-0.25, -0.2) is 0 Å². The van der Waals surface area contributed by atoms with E-state index in [2.05, 4.69) is 0 Å². The SMILES string of the molecule is O=C1CCCC2=C1[C@@H]1CCC[C@H]21. The Morgan fingerprint density at radius 3 is 2.75 bits per heavy atom. The number of rotatable bonds is 0. The lowest BCUT2D eigenvalue weighted by Gasteiger charge is -2.39. The summed E-state index contributed by atoms with van der Waals surface area (Å²) < 4.78 is 0. The molecule has 12 heavy (non-hydrogen) atoms. The second kappa shape index (κ2) is 2.21. The Kier molecular flexibility index (Phi) is 1.27. The molecule has 0 aromatic heterocycles. The Balaban J connectivity index is 2.00. The van der Waals surface area contributed by atoms with Gasteiger partial charge in [-0.05, 0) is 43.1 Å². The summed E-state index contributed by atoms with van der Waals surface area (Å²) in [5.74, 6) is 2.05. The van der Waals surface area contributed by atoms with Gasteiger partial charge in [0.2, 0.25) is 0 Å². The molecular formula is C11H14O. The van der Waals surface area contributed by atoms with E-state index in [0.29, 0.717) is 11.7 Å². The summed E-state index contributed by atoms with van der Waals surface area (Å²) in [5.41, 5.74) is 2.84. The van der Waals surface area contributed by atoms with Crippen molar-refractivity contribution in [2.45, 2.75) is 38.5 Å². The molecule has 1 heteroatoms. The first-order valence-electron chi connectivity index (χ1n) is 5.14. The van der Waals surface area contributed by atoms with Gasteiger partial charge in [0.15, 0.2) is 5.78 Å². The van der Waals surface area contributed by atoms with Gasteiger partial charge in [-0.2, -0.15) is 0 Å². The van der Waals surface area contributed by atoms with Crippen LogP contribution in [0, 0.1) is 11.8 Å². The lowest BCUT2D eigenvalue weighted by Crippen LogP contribution is -2.33. The monoisotopic (exact) mass is 162 g/mol. The number of hydrogen-bond acceptors (Lipinski definition) is 1. The highest BCUT2D eigenvalue weighted by Gasteiger charge is 2.46. The topological polar surface area (TPSA) is 17.1 Å². The van der Waals surface area contributed by atoms with Gasteiger partial charge in [0, 0.05) is 6.42 Å². The molecular weight excluding hydrogens is 148 g/mol. The maximum Gasteiger partial charge on any atom is 0.159 e. The number of carbonyl (C=O) groups excluding carboxylic acids is 1. The van der Waals surface area contributed by atoms with Crippen LogP contribution in [0.4, 0.5) is 0 Å². The zero-order valence-electron chi connectivity index (χ0n) is 7.31. The average Bonchev–Trinajstić information content (AvgIpc) is 2.43. The molecule has 2 atom stereocenters. The Bertz CT molecular complexity index is 275. The first kappa shape index (κ1) is 6.88. The van der Waals surface area contributed by atoms with E-state index in [4.69, 9.17) is 0 Å². The fourth-order valence-electron chi connectivity index (χ4n) is 3.34. The summed E-state index contributed by atoms with van der Waals surface area (Å²) in [6.45, 7) is 0. The van der Waals surface area contributed by atoms with Crippen LogP contribution in [-0.2, 0) is 4.79 Å². The fraction of sp³-hybridized carbons (Fsp3) is 0.727. The summed E-state index contributed by atoms with van der Waals surface area (Å²) >= 11 is 0. The van der Waals surface area contributed by atoms with E-state index in [1.165, 1.54) is 31.3 Å². The largest absolute Gasteiger partial charge is 0.295 e. The van der Waals surface area contributed by atoms with E-state index in [9.17, 15) is 4.79 Å². The van der Waals surface area contributed by atoms with Crippen LogP contribution >= 0.6 is 0 Å². The van der Waals surface area contributed by atoms with E-state index in [-0.39, 0.29) is 0 Å². The highest BCUT2D eigenvalue weighted by atomic mass is 16.1. The van der Waals surface area contributed by atoms with Crippen molar-refractivity contribution in [2.75, 3.05) is 0 Å². The van der Waals surface area contributed by atoms with Crippen LogP contribution < -0.4 is 0 Å². The zero-order chi connectivity index (χ0) is 8.13. The molecule has 0 aromatic carbocycles. The average molecular weight is 162 g/mol. The van der Waals surface area contributed by atoms with E-state index < -0.39 is 0 Å². The molecule has 0 bridgehead atoms. The number of fused-ring (bicyclic) bond motifs is 3. The van der Waals surface area contributed by atoms with Gasteiger partial charge >= 0.3 is 0 Å². The predicted octanol–water partition coefficient (Wildman–Crippen LogP) is 2.47. The molecule has 0 aliphatic heterocycles. The zero-order valence-corrected chi connectivity index (χ0v) is 7.31. The lowest BCUT2D eigenvalue weighted by atomic mass is 9.64. The first-order chi connectivity index (χ1) is 5.88. The standard InChI is InChI=1S/C11H14O/c12-10-6-2-5-9-7-3-1-4-8(7)11(9)10/h7-8H,1-6H2/t7-,8+/m0/s1. The van der Waals surface area contributed by atoms with Crippen molar-refractivity contribution in [3.63, 3.8) is 0 Å². The molecule has 1 fully saturated rings. The molecule has 3 aliphatic carbocycles. The van der Waals surface area contributed by atoms with Gasteiger partial charge in [0.05, 0.1) is 0 Å². The Morgan fingerprint density at radius 2 is 1.83 bits per heavy atom. The van der Waals surface area contributed by atoms with Crippen molar-refractivity contribution in [3.05, 3.63) is 11.1 Å². The van der Waals surface area contributed by atoms with E-state index >= 15 is 0 Å². The van der Waals surface area contributed by atoms with Crippen molar-refractivity contribution < 1.29 is 4.79 Å². The molecule has 0 heterocycles. The molecule has 0 N–H and O–H groups in total. The molecule has 0 aromatic rings. The predicted molar refractivity (Wildman–Crippen MR) is 46.7 cm³/mol. The Labute approximate surface area is 72.8 Å². The van der Waals surface area contributed by atoms with Gasteiger partial charge in [-0.15, -0.1) is 0 Å². The van der Waals surface area contributed by atoms with Crippen molar-refractivity contribution in [3.8, 4) is 0 Å². The van der Waals surface area contributed by atoms with Crippen LogP contribution in [0.5, 0.6) is 0 Å². The summed E-state index contributed by atoms with van der Waals surface area (Å²) in [4.78, 5) is 11.5. The number of ketones is 1. The minimum absolute atomic E-state index is 0.486. The summed E-state index contributed by atoms with van der Waals surface area (Å²) in [6, 6.07) is 0. The Morgan fingerprint density at radius 1 is 1.00 bits per heavy atom. The smallest absolute Gasteiger partial charge is 0.159 e. The van der Waals surface area contributed by atoms with Gasteiger partial charge < -0.3 is 0 Å². The molecule has 3 rings (SSSR count). The van der Waals surface area contributed by atoms with Gasteiger partial charge in [0.25, 0.3) is 0 Å². The van der Waals surface area contributed by atoms with Crippen LogP contribution in [0.25, 0.3) is 0 Å².